The number of imide groups is 1. The van der Waals surface area contributed by atoms with Crippen molar-refractivity contribution in [1.29, 1.82) is 0 Å². The number of rotatable bonds is 3. The van der Waals surface area contributed by atoms with Gasteiger partial charge in [-0.25, -0.2) is 4.90 Å². The van der Waals surface area contributed by atoms with Crippen LogP contribution >= 0.6 is 0 Å². The zero-order valence-electron chi connectivity index (χ0n) is 16.4. The van der Waals surface area contributed by atoms with Gasteiger partial charge < -0.3 is 14.4 Å². The van der Waals surface area contributed by atoms with Gasteiger partial charge in [0.25, 0.3) is 17.7 Å². The third kappa shape index (κ3) is 3.22. The smallest absolute Gasteiger partial charge is 0.265 e. The molecule has 0 radical (unpaired) electrons. The van der Waals surface area contributed by atoms with Crippen molar-refractivity contribution < 1.29 is 23.9 Å². The average Bonchev–Trinajstić information content (AvgIpc) is 2.86. The summed E-state index contributed by atoms with van der Waals surface area (Å²) >= 11 is 0. The fraction of sp³-hybridized carbons (Fsp3) is 0.318. The maximum absolute atomic E-state index is 13.5. The lowest BCUT2D eigenvalue weighted by Gasteiger charge is -2.34. The molecule has 0 unspecified atom stereocenters. The Hall–Kier alpha value is -3.35. The van der Waals surface area contributed by atoms with Gasteiger partial charge in [0.2, 0.25) is 0 Å². The first-order chi connectivity index (χ1) is 14.0. The van der Waals surface area contributed by atoms with E-state index in [0.29, 0.717) is 35.7 Å². The summed E-state index contributed by atoms with van der Waals surface area (Å²) in [4.78, 5) is 42.8. The molecule has 3 amide bonds. The first-order valence-electron chi connectivity index (χ1n) is 9.56. The number of anilines is 1. The van der Waals surface area contributed by atoms with Crippen molar-refractivity contribution in [3.05, 3.63) is 53.6 Å². The van der Waals surface area contributed by atoms with Gasteiger partial charge in [0.1, 0.15) is 17.5 Å². The Morgan fingerprint density at radius 2 is 1.69 bits per heavy atom. The minimum Gasteiger partial charge on any atom is -0.497 e. The number of hydrogen-bond acceptors (Lipinski definition) is 5. The topological polar surface area (TPSA) is 76.2 Å². The highest BCUT2D eigenvalue weighted by Gasteiger charge is 2.43. The number of benzene rings is 2. The number of fused-ring (bicyclic) bond motifs is 2. The second-order valence-corrected chi connectivity index (χ2v) is 7.11. The van der Waals surface area contributed by atoms with Crippen LogP contribution in [0.1, 0.15) is 40.0 Å². The summed E-state index contributed by atoms with van der Waals surface area (Å²) in [6.45, 7) is 0.512. The van der Waals surface area contributed by atoms with E-state index in [9.17, 15) is 14.4 Å². The predicted octanol–water partition coefficient (Wildman–Crippen LogP) is 2.89. The second-order valence-electron chi connectivity index (χ2n) is 7.11. The maximum atomic E-state index is 13.5. The summed E-state index contributed by atoms with van der Waals surface area (Å²) in [5, 5.41) is 0. The van der Waals surface area contributed by atoms with Gasteiger partial charge in [-0.15, -0.1) is 0 Å². The lowest BCUT2D eigenvalue weighted by Crippen LogP contribution is -2.52. The Morgan fingerprint density at radius 1 is 1.00 bits per heavy atom. The van der Waals surface area contributed by atoms with E-state index in [-0.39, 0.29) is 17.4 Å². The summed E-state index contributed by atoms with van der Waals surface area (Å²) in [6.07, 6.45) is 2.23. The molecule has 7 heteroatoms. The predicted molar refractivity (Wildman–Crippen MR) is 106 cm³/mol. The molecule has 7 nitrogen and oxygen atoms in total. The van der Waals surface area contributed by atoms with Crippen LogP contribution in [0.15, 0.2) is 42.5 Å². The molecule has 2 aromatic rings. The molecule has 0 bridgehead atoms. The van der Waals surface area contributed by atoms with E-state index in [4.69, 9.17) is 9.47 Å². The second kappa shape index (κ2) is 7.58. The molecular weight excluding hydrogens is 372 g/mol. The first-order valence-corrected chi connectivity index (χ1v) is 9.56. The molecule has 1 saturated heterocycles. The van der Waals surface area contributed by atoms with Crippen LogP contribution in [0.3, 0.4) is 0 Å². The van der Waals surface area contributed by atoms with E-state index in [1.807, 2.05) is 0 Å². The maximum Gasteiger partial charge on any atom is 0.265 e. The number of methoxy groups -OCH3 is 2. The summed E-state index contributed by atoms with van der Waals surface area (Å²) < 4.78 is 10.5. The number of para-hydroxylation sites is 1. The Morgan fingerprint density at radius 3 is 2.38 bits per heavy atom. The van der Waals surface area contributed by atoms with Crippen LogP contribution in [0.25, 0.3) is 0 Å². The molecule has 1 fully saturated rings. The summed E-state index contributed by atoms with van der Waals surface area (Å²) in [6, 6.07) is 10.9. The molecule has 2 aliphatic heterocycles. The summed E-state index contributed by atoms with van der Waals surface area (Å²) in [7, 11) is 2.99. The van der Waals surface area contributed by atoms with Crippen LogP contribution in [0.5, 0.6) is 11.5 Å². The number of ether oxygens (including phenoxy) is 2. The van der Waals surface area contributed by atoms with Crippen LogP contribution in [-0.4, -0.2) is 49.4 Å². The molecule has 150 valence electrons. The zero-order chi connectivity index (χ0) is 20.5. The third-order valence-corrected chi connectivity index (χ3v) is 5.45. The highest BCUT2D eigenvalue weighted by molar-refractivity contribution is 6.26. The van der Waals surface area contributed by atoms with Crippen molar-refractivity contribution in [2.75, 3.05) is 25.7 Å². The Bertz CT molecular complexity index is 965. The van der Waals surface area contributed by atoms with Crippen LogP contribution < -0.4 is 14.4 Å². The van der Waals surface area contributed by atoms with Crippen molar-refractivity contribution in [2.45, 2.75) is 25.3 Å². The van der Waals surface area contributed by atoms with E-state index < -0.39 is 11.9 Å². The monoisotopic (exact) mass is 394 g/mol. The SMILES string of the molecule is COc1cc(OC)cc(C(=O)N2C(=O)[C@H]3CCCCN3C(=O)c3ccccc32)c1. The fourth-order valence-corrected chi connectivity index (χ4v) is 3.97. The molecule has 1 atom stereocenters. The zero-order valence-corrected chi connectivity index (χ0v) is 16.4. The molecule has 0 N–H and O–H groups in total. The van der Waals surface area contributed by atoms with Crippen molar-refractivity contribution in [2.24, 2.45) is 0 Å². The first kappa shape index (κ1) is 19.0. The van der Waals surface area contributed by atoms with Gasteiger partial charge in [-0.2, -0.15) is 0 Å². The molecule has 2 heterocycles. The van der Waals surface area contributed by atoms with Gasteiger partial charge in [-0.1, -0.05) is 12.1 Å². The number of hydrogen-bond donors (Lipinski definition) is 0. The van der Waals surface area contributed by atoms with Crippen LogP contribution in [0, 0.1) is 0 Å². The normalized spacial score (nSPS) is 18.6. The molecule has 4 rings (SSSR count). The summed E-state index contributed by atoms with van der Waals surface area (Å²) in [5.74, 6) is -0.218. The molecular formula is C22H22N2O5. The van der Waals surface area contributed by atoms with Gasteiger partial charge >= 0.3 is 0 Å². The van der Waals surface area contributed by atoms with Gasteiger partial charge in [0, 0.05) is 18.2 Å². The number of nitrogens with zero attached hydrogens (tertiary/aromatic N) is 2. The molecule has 0 spiro atoms. The average molecular weight is 394 g/mol. The lowest BCUT2D eigenvalue weighted by molar-refractivity contribution is -0.123. The minimum atomic E-state index is -0.639. The Kier molecular flexibility index (Phi) is 4.96. The number of carbonyl (C=O) groups is 3. The van der Waals surface area contributed by atoms with E-state index in [2.05, 4.69) is 0 Å². The van der Waals surface area contributed by atoms with E-state index in [1.165, 1.54) is 14.2 Å². The fourth-order valence-electron chi connectivity index (χ4n) is 3.97. The van der Waals surface area contributed by atoms with Crippen LogP contribution in [0.2, 0.25) is 0 Å². The lowest BCUT2D eigenvalue weighted by atomic mass is 10.0. The van der Waals surface area contributed by atoms with Crippen molar-refractivity contribution in [3.63, 3.8) is 0 Å². The van der Waals surface area contributed by atoms with Gasteiger partial charge in [0.15, 0.2) is 0 Å². The molecule has 0 saturated carbocycles. The largest absolute Gasteiger partial charge is 0.497 e. The van der Waals surface area contributed by atoms with Crippen molar-refractivity contribution in [1.82, 2.24) is 4.90 Å². The molecule has 2 aliphatic rings. The highest BCUT2D eigenvalue weighted by Crippen LogP contribution is 2.33. The minimum absolute atomic E-state index is 0.211. The standard InChI is InChI=1S/C22H22N2O5/c1-28-15-11-14(12-16(13-15)29-2)20(25)24-18-8-4-3-7-17(18)21(26)23-10-6-5-9-19(23)22(24)27/h3-4,7-8,11-13,19H,5-6,9-10H2,1-2H3/t19-/m1/s1. The Balaban J connectivity index is 1.85. The molecule has 2 aromatic carbocycles. The quantitative estimate of drug-likeness (QED) is 0.749. The molecule has 29 heavy (non-hydrogen) atoms. The van der Waals surface area contributed by atoms with Gasteiger partial charge in [-0.05, 0) is 43.5 Å². The van der Waals surface area contributed by atoms with E-state index >= 15 is 0 Å². The molecule has 0 aromatic heterocycles. The number of amides is 3. The Labute approximate surface area is 168 Å². The van der Waals surface area contributed by atoms with Crippen LogP contribution in [-0.2, 0) is 4.79 Å². The third-order valence-electron chi connectivity index (χ3n) is 5.45. The number of carbonyl (C=O) groups excluding carboxylic acids is 3. The van der Waals surface area contributed by atoms with E-state index in [0.717, 1.165) is 17.7 Å². The number of piperidine rings is 1. The highest BCUT2D eigenvalue weighted by atomic mass is 16.5. The van der Waals surface area contributed by atoms with Crippen LogP contribution in [0.4, 0.5) is 5.69 Å². The summed E-state index contributed by atoms with van der Waals surface area (Å²) in [5.41, 5.74) is 0.915. The molecule has 0 aliphatic carbocycles. The van der Waals surface area contributed by atoms with Crippen molar-refractivity contribution in [3.8, 4) is 11.5 Å². The van der Waals surface area contributed by atoms with E-state index in [1.54, 1.807) is 47.4 Å². The van der Waals surface area contributed by atoms with Gasteiger partial charge in [-0.3, -0.25) is 14.4 Å². The van der Waals surface area contributed by atoms with Gasteiger partial charge in [0.05, 0.1) is 25.5 Å². The van der Waals surface area contributed by atoms with Crippen molar-refractivity contribution >= 4 is 23.4 Å².